The molecule has 2 fully saturated rings. The summed E-state index contributed by atoms with van der Waals surface area (Å²) < 4.78 is 2.23. The van der Waals surface area contributed by atoms with Crippen LogP contribution in [0.1, 0.15) is 37.9 Å². The number of aryl methyl sites for hydroxylation is 2. The van der Waals surface area contributed by atoms with E-state index in [0.717, 1.165) is 49.6 Å². The molecule has 0 aliphatic heterocycles. The first-order chi connectivity index (χ1) is 9.63. The van der Waals surface area contributed by atoms with Gasteiger partial charge in [0, 0.05) is 25.0 Å². The molecule has 0 saturated heterocycles. The van der Waals surface area contributed by atoms with Crippen LogP contribution < -0.4 is 0 Å². The summed E-state index contributed by atoms with van der Waals surface area (Å²) in [5.41, 5.74) is 0. The van der Waals surface area contributed by atoms with E-state index >= 15 is 0 Å². The van der Waals surface area contributed by atoms with Crippen LogP contribution in [-0.4, -0.2) is 45.3 Å². The maximum Gasteiger partial charge on any atom is 0.105 e. The number of aromatic nitrogens is 2. The fraction of sp³-hybridized carbons (Fsp3) is 0.812. The van der Waals surface area contributed by atoms with Gasteiger partial charge in [-0.15, -0.1) is 0 Å². The maximum absolute atomic E-state index is 9.71. The van der Waals surface area contributed by atoms with E-state index in [-0.39, 0.29) is 6.10 Å². The molecular formula is C16H27N3O. The van der Waals surface area contributed by atoms with Crippen LogP contribution in [0.4, 0.5) is 0 Å². The quantitative estimate of drug-likeness (QED) is 0.896. The molecule has 2 aliphatic rings. The summed E-state index contributed by atoms with van der Waals surface area (Å²) in [5.74, 6) is 2.68. The van der Waals surface area contributed by atoms with Crippen LogP contribution in [0, 0.1) is 18.8 Å². The highest BCUT2D eigenvalue weighted by Gasteiger charge is 2.41. The zero-order valence-corrected chi connectivity index (χ0v) is 12.7. The lowest BCUT2D eigenvalue weighted by atomic mass is 10.0. The van der Waals surface area contributed by atoms with Crippen molar-refractivity contribution in [1.29, 1.82) is 0 Å². The number of rotatable bonds is 5. The van der Waals surface area contributed by atoms with Crippen molar-refractivity contribution < 1.29 is 5.11 Å². The molecule has 3 rings (SSSR count). The normalized spacial score (nSPS) is 33.0. The Morgan fingerprint density at radius 1 is 1.30 bits per heavy atom. The van der Waals surface area contributed by atoms with Crippen LogP contribution in [0.15, 0.2) is 12.4 Å². The van der Waals surface area contributed by atoms with E-state index in [1.54, 1.807) is 0 Å². The van der Waals surface area contributed by atoms with Gasteiger partial charge in [-0.3, -0.25) is 0 Å². The van der Waals surface area contributed by atoms with Crippen molar-refractivity contribution in [3.63, 3.8) is 0 Å². The molecule has 1 N–H and O–H groups in total. The van der Waals surface area contributed by atoms with Crippen molar-refractivity contribution in [2.75, 3.05) is 13.6 Å². The summed E-state index contributed by atoms with van der Waals surface area (Å²) in [6, 6.07) is 0.737. The number of aliphatic hydroxyl groups is 1. The van der Waals surface area contributed by atoms with Crippen molar-refractivity contribution in [1.82, 2.24) is 14.5 Å². The molecule has 4 atom stereocenters. The zero-order chi connectivity index (χ0) is 14.1. The van der Waals surface area contributed by atoms with Gasteiger partial charge in [-0.05, 0) is 64.5 Å². The third kappa shape index (κ3) is 2.91. The third-order valence-electron chi connectivity index (χ3n) is 5.42. The third-order valence-corrected chi connectivity index (χ3v) is 5.42. The first-order valence-electron chi connectivity index (χ1n) is 7.99. The number of aliphatic hydroxyl groups excluding tert-OH is 1. The lowest BCUT2D eigenvalue weighted by Gasteiger charge is -2.25. The SMILES string of the molecule is Cc1nccn1CCCN(C)C1C[C@H]2CC(O)C[C@H]2C1. The van der Waals surface area contributed by atoms with E-state index in [0.29, 0.717) is 0 Å². The van der Waals surface area contributed by atoms with Gasteiger partial charge in [0.05, 0.1) is 6.10 Å². The number of hydrogen-bond acceptors (Lipinski definition) is 3. The predicted molar refractivity (Wildman–Crippen MR) is 79.5 cm³/mol. The van der Waals surface area contributed by atoms with Crippen LogP contribution in [0.5, 0.6) is 0 Å². The van der Waals surface area contributed by atoms with E-state index < -0.39 is 0 Å². The molecule has 0 amide bonds. The van der Waals surface area contributed by atoms with Crippen LogP contribution in [-0.2, 0) is 6.54 Å². The molecule has 4 heteroatoms. The van der Waals surface area contributed by atoms with Crippen LogP contribution in [0.2, 0.25) is 0 Å². The van der Waals surface area contributed by atoms with E-state index in [4.69, 9.17) is 0 Å². The van der Waals surface area contributed by atoms with Crippen molar-refractivity contribution in [2.24, 2.45) is 11.8 Å². The molecule has 2 aliphatic carbocycles. The Morgan fingerprint density at radius 2 is 2.00 bits per heavy atom. The second-order valence-corrected chi connectivity index (χ2v) is 6.77. The van der Waals surface area contributed by atoms with Crippen LogP contribution >= 0.6 is 0 Å². The van der Waals surface area contributed by atoms with Gasteiger partial charge in [0.1, 0.15) is 5.82 Å². The Labute approximate surface area is 121 Å². The fourth-order valence-electron chi connectivity index (χ4n) is 4.23. The Morgan fingerprint density at radius 3 is 2.60 bits per heavy atom. The van der Waals surface area contributed by atoms with Crippen LogP contribution in [0.25, 0.3) is 0 Å². The lowest BCUT2D eigenvalue weighted by Crippen LogP contribution is -2.31. The van der Waals surface area contributed by atoms with Crippen molar-refractivity contribution in [3.8, 4) is 0 Å². The highest BCUT2D eigenvalue weighted by Crippen LogP contribution is 2.45. The Bertz CT molecular complexity index is 431. The van der Waals surface area contributed by atoms with Gasteiger partial charge < -0.3 is 14.6 Å². The van der Waals surface area contributed by atoms with Gasteiger partial charge in [-0.1, -0.05) is 0 Å². The molecule has 1 aromatic heterocycles. The molecule has 2 saturated carbocycles. The summed E-state index contributed by atoms with van der Waals surface area (Å²) in [7, 11) is 2.27. The largest absolute Gasteiger partial charge is 0.393 e. The molecule has 0 aromatic carbocycles. The highest BCUT2D eigenvalue weighted by molar-refractivity contribution is 4.95. The minimum atomic E-state index is -0.0135. The van der Waals surface area contributed by atoms with Gasteiger partial charge >= 0.3 is 0 Å². The molecule has 112 valence electrons. The Balaban J connectivity index is 1.42. The fourth-order valence-corrected chi connectivity index (χ4v) is 4.23. The minimum absolute atomic E-state index is 0.0135. The highest BCUT2D eigenvalue weighted by atomic mass is 16.3. The molecule has 0 spiro atoms. The monoisotopic (exact) mass is 277 g/mol. The summed E-state index contributed by atoms with van der Waals surface area (Å²) in [4.78, 5) is 6.80. The molecule has 1 heterocycles. The first kappa shape index (κ1) is 14.1. The summed E-state index contributed by atoms with van der Waals surface area (Å²) >= 11 is 0. The van der Waals surface area contributed by atoms with Crippen molar-refractivity contribution >= 4 is 0 Å². The van der Waals surface area contributed by atoms with Gasteiger partial charge in [-0.2, -0.15) is 0 Å². The molecule has 0 bridgehead atoms. The Hall–Kier alpha value is -0.870. The average molecular weight is 277 g/mol. The average Bonchev–Trinajstić information content (AvgIpc) is 3.04. The topological polar surface area (TPSA) is 41.3 Å². The minimum Gasteiger partial charge on any atom is -0.393 e. The van der Waals surface area contributed by atoms with Crippen molar-refractivity contribution in [2.45, 2.75) is 57.7 Å². The smallest absolute Gasteiger partial charge is 0.105 e. The van der Waals surface area contributed by atoms with Gasteiger partial charge in [0.25, 0.3) is 0 Å². The number of fused-ring (bicyclic) bond motifs is 1. The maximum atomic E-state index is 9.71. The van der Waals surface area contributed by atoms with Crippen LogP contribution in [0.3, 0.4) is 0 Å². The predicted octanol–water partition coefficient (Wildman–Crippen LogP) is 2.06. The molecule has 4 nitrogen and oxygen atoms in total. The standard InChI is InChI=1S/C16H27N3O/c1-12-17-4-7-19(12)6-3-5-18(2)15-8-13-10-16(20)11-14(13)9-15/h4,7,13-16,20H,3,5-6,8-11H2,1-2H3/t13-,14+,15?,16?. The number of hydrogen-bond donors (Lipinski definition) is 1. The lowest BCUT2D eigenvalue weighted by molar-refractivity contribution is 0.159. The van der Waals surface area contributed by atoms with Gasteiger partial charge in [0.2, 0.25) is 0 Å². The van der Waals surface area contributed by atoms with Gasteiger partial charge in [0.15, 0.2) is 0 Å². The van der Waals surface area contributed by atoms with E-state index in [1.165, 1.54) is 19.3 Å². The number of nitrogens with zero attached hydrogens (tertiary/aromatic N) is 3. The summed E-state index contributed by atoms with van der Waals surface area (Å²) in [6.07, 6.45) is 9.79. The molecule has 20 heavy (non-hydrogen) atoms. The summed E-state index contributed by atoms with van der Waals surface area (Å²) in [6.45, 7) is 4.28. The van der Waals surface area contributed by atoms with E-state index in [9.17, 15) is 5.11 Å². The molecule has 0 radical (unpaired) electrons. The molecular weight excluding hydrogens is 250 g/mol. The number of imidazole rings is 1. The first-order valence-corrected chi connectivity index (χ1v) is 7.99. The molecule has 2 unspecified atom stereocenters. The Kier molecular flexibility index (Phi) is 4.13. The van der Waals surface area contributed by atoms with Crippen molar-refractivity contribution in [3.05, 3.63) is 18.2 Å². The zero-order valence-electron chi connectivity index (χ0n) is 12.7. The second-order valence-electron chi connectivity index (χ2n) is 6.77. The van der Waals surface area contributed by atoms with Gasteiger partial charge in [-0.25, -0.2) is 4.98 Å². The molecule has 1 aromatic rings. The van der Waals surface area contributed by atoms with E-state index in [1.807, 2.05) is 6.20 Å². The second kappa shape index (κ2) is 5.86. The van der Waals surface area contributed by atoms with E-state index in [2.05, 4.69) is 34.6 Å². The summed E-state index contributed by atoms with van der Waals surface area (Å²) in [5, 5.41) is 9.71.